The zero-order valence-electron chi connectivity index (χ0n) is 8.01. The smallest absolute Gasteiger partial charge is 0.421 e. The minimum absolute atomic E-state index is 0.0601. The topological polar surface area (TPSA) is 29.5 Å². The lowest BCUT2D eigenvalue weighted by molar-refractivity contribution is -0.334. The molecule has 88 valence electrons. The second-order valence-corrected chi connectivity index (χ2v) is 3.58. The van der Waals surface area contributed by atoms with E-state index in [0.29, 0.717) is 6.07 Å². The van der Waals surface area contributed by atoms with E-state index in [-0.39, 0.29) is 13.0 Å². The highest BCUT2D eigenvalue weighted by Crippen LogP contribution is 2.52. The van der Waals surface area contributed by atoms with Crippen LogP contribution in [0.1, 0.15) is 12.0 Å². The second kappa shape index (κ2) is 3.35. The Morgan fingerprint density at radius 2 is 1.94 bits per heavy atom. The Morgan fingerprint density at radius 1 is 1.31 bits per heavy atom. The van der Waals surface area contributed by atoms with Gasteiger partial charge in [0.05, 0.1) is 6.61 Å². The third-order valence-corrected chi connectivity index (χ3v) is 2.65. The minimum atomic E-state index is -4.67. The Labute approximate surface area is 88.5 Å². The summed E-state index contributed by atoms with van der Waals surface area (Å²) >= 11 is 0. The first kappa shape index (κ1) is 11.2. The molecule has 2 nitrogen and oxygen atoms in total. The zero-order valence-corrected chi connectivity index (χ0v) is 8.01. The van der Waals surface area contributed by atoms with Crippen LogP contribution in [-0.2, 0) is 10.3 Å². The van der Waals surface area contributed by atoms with Crippen molar-refractivity contribution in [3.05, 3.63) is 29.6 Å². The van der Waals surface area contributed by atoms with Gasteiger partial charge in [0.1, 0.15) is 11.6 Å². The van der Waals surface area contributed by atoms with Crippen molar-refractivity contribution in [2.24, 2.45) is 0 Å². The van der Waals surface area contributed by atoms with Crippen LogP contribution in [-0.4, -0.2) is 17.9 Å². The van der Waals surface area contributed by atoms with Gasteiger partial charge in [0.15, 0.2) is 5.60 Å². The SMILES string of the molecule is Oc1ccc(F)cc1[C@]1(C(F)(F)F)CCO1. The van der Waals surface area contributed by atoms with Crippen LogP contribution in [0.3, 0.4) is 0 Å². The number of alkyl halides is 3. The molecule has 1 aromatic carbocycles. The van der Waals surface area contributed by atoms with E-state index in [1.165, 1.54) is 0 Å². The third kappa shape index (κ3) is 1.44. The molecule has 0 saturated carbocycles. The predicted octanol–water partition coefficient (Wildman–Crippen LogP) is 2.71. The fraction of sp³-hybridized carbons (Fsp3) is 0.400. The van der Waals surface area contributed by atoms with Gasteiger partial charge in [-0.1, -0.05) is 0 Å². The molecule has 0 aliphatic carbocycles. The standard InChI is InChI=1S/C10H8F4O2/c11-6-1-2-8(15)7(5-6)9(3-4-16-9)10(12,13)14/h1-2,5,15H,3-4H2/t9-/m0/s1. The lowest BCUT2D eigenvalue weighted by Crippen LogP contribution is -2.52. The van der Waals surface area contributed by atoms with E-state index < -0.39 is 28.9 Å². The molecule has 2 rings (SSSR count). The first-order valence-electron chi connectivity index (χ1n) is 4.56. The average Bonchev–Trinajstić information content (AvgIpc) is 2.06. The fourth-order valence-electron chi connectivity index (χ4n) is 1.73. The van der Waals surface area contributed by atoms with Crippen molar-refractivity contribution in [3.8, 4) is 5.75 Å². The summed E-state index contributed by atoms with van der Waals surface area (Å²) in [7, 11) is 0. The molecule has 1 aromatic rings. The number of phenolic OH excluding ortho intramolecular Hbond substituents is 1. The number of phenols is 1. The Bertz CT molecular complexity index is 410. The molecule has 0 spiro atoms. The molecule has 0 unspecified atom stereocenters. The van der Waals surface area contributed by atoms with Crippen LogP contribution in [0.15, 0.2) is 18.2 Å². The number of hydrogen-bond donors (Lipinski definition) is 1. The zero-order chi connectivity index (χ0) is 12.0. The Balaban J connectivity index is 2.53. The molecule has 0 bridgehead atoms. The lowest BCUT2D eigenvalue weighted by atomic mass is 9.85. The largest absolute Gasteiger partial charge is 0.508 e. The summed E-state index contributed by atoms with van der Waals surface area (Å²) in [6.45, 7) is -0.0601. The van der Waals surface area contributed by atoms with Crippen LogP contribution in [0.2, 0.25) is 0 Å². The van der Waals surface area contributed by atoms with E-state index in [9.17, 15) is 22.7 Å². The van der Waals surface area contributed by atoms with Gasteiger partial charge in [-0.15, -0.1) is 0 Å². The van der Waals surface area contributed by atoms with Crippen LogP contribution >= 0.6 is 0 Å². The molecular weight excluding hydrogens is 228 g/mol. The Hall–Kier alpha value is -1.30. The molecule has 1 aliphatic heterocycles. The van der Waals surface area contributed by atoms with E-state index >= 15 is 0 Å². The van der Waals surface area contributed by atoms with Crippen molar-refractivity contribution in [1.29, 1.82) is 0 Å². The average molecular weight is 236 g/mol. The maximum Gasteiger partial charge on any atom is 0.421 e. The number of hydrogen-bond acceptors (Lipinski definition) is 2. The summed E-state index contributed by atoms with van der Waals surface area (Å²) in [5.41, 5.74) is -3.12. The van der Waals surface area contributed by atoms with Gasteiger partial charge in [0.25, 0.3) is 0 Å². The highest BCUT2D eigenvalue weighted by atomic mass is 19.4. The van der Waals surface area contributed by atoms with Crippen LogP contribution in [0.5, 0.6) is 5.75 Å². The molecule has 0 aromatic heterocycles. The maximum absolute atomic E-state index is 12.9. The summed E-state index contributed by atoms with van der Waals surface area (Å²) in [5.74, 6) is -1.45. The summed E-state index contributed by atoms with van der Waals surface area (Å²) in [5, 5.41) is 9.35. The van der Waals surface area contributed by atoms with Gasteiger partial charge >= 0.3 is 6.18 Å². The van der Waals surface area contributed by atoms with Gasteiger partial charge in [0, 0.05) is 12.0 Å². The molecule has 1 N–H and O–H groups in total. The molecule has 16 heavy (non-hydrogen) atoms. The van der Waals surface area contributed by atoms with Crippen molar-refractivity contribution in [3.63, 3.8) is 0 Å². The highest BCUT2D eigenvalue weighted by molar-refractivity contribution is 5.39. The quantitative estimate of drug-likeness (QED) is 0.759. The summed E-state index contributed by atoms with van der Waals surface area (Å²) < 4.78 is 55.8. The fourth-order valence-corrected chi connectivity index (χ4v) is 1.73. The van der Waals surface area contributed by atoms with Crippen molar-refractivity contribution >= 4 is 0 Å². The Kier molecular flexibility index (Phi) is 2.34. The number of aromatic hydroxyl groups is 1. The van der Waals surface area contributed by atoms with E-state index in [1.807, 2.05) is 0 Å². The molecule has 0 amide bonds. The highest BCUT2D eigenvalue weighted by Gasteiger charge is 2.62. The van der Waals surface area contributed by atoms with E-state index in [2.05, 4.69) is 4.74 Å². The van der Waals surface area contributed by atoms with Crippen LogP contribution in [0.4, 0.5) is 17.6 Å². The molecule has 1 saturated heterocycles. The van der Waals surface area contributed by atoms with E-state index in [0.717, 1.165) is 12.1 Å². The number of halogens is 4. The molecule has 6 heteroatoms. The van der Waals surface area contributed by atoms with Crippen LogP contribution in [0.25, 0.3) is 0 Å². The molecule has 0 radical (unpaired) electrons. The minimum Gasteiger partial charge on any atom is -0.508 e. The predicted molar refractivity (Wildman–Crippen MR) is 46.4 cm³/mol. The number of ether oxygens (including phenoxy) is 1. The van der Waals surface area contributed by atoms with Crippen LogP contribution in [0, 0.1) is 5.82 Å². The van der Waals surface area contributed by atoms with Crippen molar-refractivity contribution in [1.82, 2.24) is 0 Å². The summed E-state index contributed by atoms with van der Waals surface area (Å²) in [6.07, 6.45) is -4.98. The third-order valence-electron chi connectivity index (χ3n) is 2.65. The normalized spacial score (nSPS) is 25.2. The maximum atomic E-state index is 12.9. The lowest BCUT2D eigenvalue weighted by Gasteiger charge is -2.43. The summed E-state index contributed by atoms with van der Waals surface area (Å²) in [4.78, 5) is 0. The molecule has 1 atom stereocenters. The molecule has 1 aliphatic rings. The molecular formula is C10H8F4O2. The first-order chi connectivity index (χ1) is 7.37. The van der Waals surface area contributed by atoms with Gasteiger partial charge in [-0.25, -0.2) is 4.39 Å². The molecule has 1 fully saturated rings. The first-order valence-corrected chi connectivity index (χ1v) is 4.56. The van der Waals surface area contributed by atoms with E-state index in [1.54, 1.807) is 0 Å². The van der Waals surface area contributed by atoms with E-state index in [4.69, 9.17) is 0 Å². The number of rotatable bonds is 1. The van der Waals surface area contributed by atoms with Crippen molar-refractivity contribution in [2.75, 3.05) is 6.61 Å². The van der Waals surface area contributed by atoms with Crippen LogP contribution < -0.4 is 0 Å². The van der Waals surface area contributed by atoms with Gasteiger partial charge in [-0.2, -0.15) is 13.2 Å². The monoisotopic (exact) mass is 236 g/mol. The van der Waals surface area contributed by atoms with Gasteiger partial charge in [0.2, 0.25) is 0 Å². The van der Waals surface area contributed by atoms with Gasteiger partial charge in [-0.3, -0.25) is 0 Å². The number of benzene rings is 1. The molecule has 1 heterocycles. The van der Waals surface area contributed by atoms with Crippen molar-refractivity contribution < 1.29 is 27.4 Å². The second-order valence-electron chi connectivity index (χ2n) is 3.58. The summed E-state index contributed by atoms with van der Waals surface area (Å²) in [6, 6.07) is 2.43. The Morgan fingerprint density at radius 3 is 2.38 bits per heavy atom. The van der Waals surface area contributed by atoms with Gasteiger partial charge in [-0.05, 0) is 18.2 Å². The van der Waals surface area contributed by atoms with Gasteiger partial charge < -0.3 is 9.84 Å². The van der Waals surface area contributed by atoms with Crippen molar-refractivity contribution in [2.45, 2.75) is 18.2 Å².